The van der Waals surface area contributed by atoms with Crippen molar-refractivity contribution in [3.8, 4) is 17.3 Å². The minimum Gasteiger partial charge on any atom is -0.457 e. The van der Waals surface area contributed by atoms with Crippen LogP contribution in [-0.2, 0) is 16.2 Å². The van der Waals surface area contributed by atoms with Crippen LogP contribution in [0, 0.1) is 5.41 Å². The standard InChI is InChI=1S/C48H56N4O/c1-45(2,3)32-16-15-17-35(24-32)51-31-50(30-43(51)48(10,11)12)36-25-34(47(7,8)9)26-38(28-36)53-37-20-21-40-39-18-13-14-19-41(39)52(42(40)29-37)44-27-33(22-23-49-44)46(4,5)6/h13-30H,31H2,1-12H3. The summed E-state index contributed by atoms with van der Waals surface area (Å²) in [6, 6.07) is 35.1. The molecule has 4 aromatic carbocycles. The van der Waals surface area contributed by atoms with Crippen LogP contribution in [0.15, 0.2) is 115 Å². The van der Waals surface area contributed by atoms with Crippen LogP contribution in [0.1, 0.15) is 99.8 Å². The van der Waals surface area contributed by atoms with Crippen LogP contribution in [0.3, 0.4) is 0 Å². The zero-order valence-corrected chi connectivity index (χ0v) is 33.8. The molecule has 0 unspecified atom stereocenters. The van der Waals surface area contributed by atoms with Gasteiger partial charge in [0, 0.05) is 57.8 Å². The van der Waals surface area contributed by atoms with Gasteiger partial charge in [0.05, 0.1) is 17.7 Å². The third-order valence-electron chi connectivity index (χ3n) is 10.5. The predicted octanol–water partition coefficient (Wildman–Crippen LogP) is 13.0. The lowest BCUT2D eigenvalue weighted by Gasteiger charge is -2.32. The number of para-hydroxylation sites is 1. The van der Waals surface area contributed by atoms with Crippen molar-refractivity contribution < 1.29 is 4.74 Å². The summed E-state index contributed by atoms with van der Waals surface area (Å²) in [5.74, 6) is 2.52. The Morgan fingerprint density at radius 1 is 0.528 bits per heavy atom. The highest BCUT2D eigenvalue weighted by Crippen LogP contribution is 2.42. The van der Waals surface area contributed by atoms with Crippen LogP contribution in [0.25, 0.3) is 27.6 Å². The van der Waals surface area contributed by atoms with Gasteiger partial charge in [0.25, 0.3) is 0 Å². The normalized spacial score (nSPS) is 14.4. The van der Waals surface area contributed by atoms with Gasteiger partial charge < -0.3 is 14.5 Å². The van der Waals surface area contributed by atoms with E-state index in [2.05, 4.69) is 201 Å². The Bertz CT molecular complexity index is 2350. The molecule has 1 aliphatic heterocycles. The zero-order chi connectivity index (χ0) is 38.1. The first-order chi connectivity index (χ1) is 24.8. The molecule has 6 aromatic rings. The maximum atomic E-state index is 6.85. The molecule has 5 nitrogen and oxygen atoms in total. The lowest BCUT2D eigenvalue weighted by Crippen LogP contribution is -2.31. The van der Waals surface area contributed by atoms with Crippen LogP contribution in [0.5, 0.6) is 11.5 Å². The van der Waals surface area contributed by atoms with E-state index in [1.54, 1.807) is 0 Å². The topological polar surface area (TPSA) is 33.5 Å². The van der Waals surface area contributed by atoms with Crippen LogP contribution in [0.2, 0.25) is 0 Å². The van der Waals surface area contributed by atoms with Crippen molar-refractivity contribution in [2.45, 2.75) is 99.3 Å². The van der Waals surface area contributed by atoms with E-state index in [-0.39, 0.29) is 21.7 Å². The van der Waals surface area contributed by atoms with Crippen LogP contribution >= 0.6 is 0 Å². The second-order valence-electron chi connectivity index (χ2n) is 18.9. The van der Waals surface area contributed by atoms with E-state index >= 15 is 0 Å². The fourth-order valence-corrected chi connectivity index (χ4v) is 7.25. The summed E-state index contributed by atoms with van der Waals surface area (Å²) in [4.78, 5) is 9.72. The van der Waals surface area contributed by atoms with Gasteiger partial charge in [-0.1, -0.05) is 113 Å². The summed E-state index contributed by atoms with van der Waals surface area (Å²) in [7, 11) is 0. The Morgan fingerprint density at radius 2 is 1.19 bits per heavy atom. The number of allylic oxidation sites excluding steroid dienone is 1. The van der Waals surface area contributed by atoms with Gasteiger partial charge in [0.15, 0.2) is 0 Å². The second-order valence-corrected chi connectivity index (χ2v) is 18.9. The summed E-state index contributed by atoms with van der Waals surface area (Å²) in [6.07, 6.45) is 4.26. The Labute approximate surface area is 316 Å². The molecule has 0 bridgehead atoms. The molecule has 0 atom stereocenters. The van der Waals surface area contributed by atoms with Crippen molar-refractivity contribution in [2.24, 2.45) is 5.41 Å². The maximum Gasteiger partial charge on any atom is 0.137 e. The molecule has 3 heterocycles. The fraction of sp³-hybridized carbons (Fsp3) is 0.354. The molecule has 2 aromatic heterocycles. The van der Waals surface area contributed by atoms with Crippen molar-refractivity contribution in [2.75, 3.05) is 16.5 Å². The first kappa shape index (κ1) is 36.3. The van der Waals surface area contributed by atoms with E-state index in [0.717, 1.165) is 40.7 Å². The minimum atomic E-state index is -0.0781. The van der Waals surface area contributed by atoms with E-state index in [4.69, 9.17) is 9.72 Å². The largest absolute Gasteiger partial charge is 0.457 e. The van der Waals surface area contributed by atoms with E-state index < -0.39 is 0 Å². The summed E-state index contributed by atoms with van der Waals surface area (Å²) < 4.78 is 9.13. The molecule has 5 heteroatoms. The van der Waals surface area contributed by atoms with Gasteiger partial charge in [-0.3, -0.25) is 4.57 Å². The summed E-state index contributed by atoms with van der Waals surface area (Å²) in [6.45, 7) is 28.0. The molecule has 0 amide bonds. The number of anilines is 2. The van der Waals surface area contributed by atoms with Crippen molar-refractivity contribution in [1.82, 2.24) is 9.55 Å². The Balaban J connectivity index is 1.30. The third-order valence-corrected chi connectivity index (χ3v) is 10.5. The highest BCUT2D eigenvalue weighted by atomic mass is 16.5. The Kier molecular flexibility index (Phi) is 8.79. The molecule has 0 saturated heterocycles. The van der Waals surface area contributed by atoms with Gasteiger partial charge in [-0.2, -0.15) is 0 Å². The van der Waals surface area contributed by atoms with Gasteiger partial charge in [0.1, 0.15) is 17.3 Å². The molecule has 0 N–H and O–H groups in total. The molecule has 0 aliphatic carbocycles. The van der Waals surface area contributed by atoms with Crippen molar-refractivity contribution >= 4 is 33.2 Å². The van der Waals surface area contributed by atoms with Crippen LogP contribution < -0.4 is 14.5 Å². The Morgan fingerprint density at radius 3 is 1.89 bits per heavy atom. The molecule has 0 radical (unpaired) electrons. The number of aromatic nitrogens is 2. The average molecular weight is 705 g/mol. The van der Waals surface area contributed by atoms with Crippen LogP contribution in [0.4, 0.5) is 11.4 Å². The molecule has 0 fully saturated rings. The number of hydrogen-bond donors (Lipinski definition) is 0. The monoisotopic (exact) mass is 704 g/mol. The molecule has 0 spiro atoms. The molecular weight excluding hydrogens is 649 g/mol. The number of benzene rings is 4. The number of rotatable bonds is 5. The molecule has 1 aliphatic rings. The molecule has 53 heavy (non-hydrogen) atoms. The minimum absolute atomic E-state index is 0.00612. The van der Waals surface area contributed by atoms with E-state index in [1.807, 2.05) is 6.20 Å². The van der Waals surface area contributed by atoms with E-state index in [0.29, 0.717) is 0 Å². The van der Waals surface area contributed by atoms with E-state index in [9.17, 15) is 0 Å². The molecule has 7 rings (SSSR count). The summed E-state index contributed by atoms with van der Waals surface area (Å²) in [5, 5.41) is 2.37. The quantitative estimate of drug-likeness (QED) is 0.179. The zero-order valence-electron chi connectivity index (χ0n) is 33.8. The van der Waals surface area contributed by atoms with Gasteiger partial charge in [-0.05, 0) is 87.5 Å². The highest BCUT2D eigenvalue weighted by Gasteiger charge is 2.32. The van der Waals surface area contributed by atoms with Gasteiger partial charge in [-0.25, -0.2) is 4.98 Å². The Hall–Kier alpha value is -5.03. The summed E-state index contributed by atoms with van der Waals surface area (Å²) in [5.41, 5.74) is 9.57. The third kappa shape index (κ3) is 7.19. The number of nitrogens with zero attached hydrogens (tertiary/aromatic N) is 4. The fourth-order valence-electron chi connectivity index (χ4n) is 7.25. The van der Waals surface area contributed by atoms with Gasteiger partial charge in [-0.15, -0.1) is 0 Å². The first-order valence-corrected chi connectivity index (χ1v) is 19.0. The van der Waals surface area contributed by atoms with Crippen molar-refractivity contribution in [3.63, 3.8) is 0 Å². The smallest absolute Gasteiger partial charge is 0.137 e. The van der Waals surface area contributed by atoms with Gasteiger partial charge >= 0.3 is 0 Å². The average Bonchev–Trinajstić information content (AvgIpc) is 3.68. The van der Waals surface area contributed by atoms with Crippen LogP contribution in [-0.4, -0.2) is 16.2 Å². The molecule has 0 saturated carbocycles. The number of hydrogen-bond acceptors (Lipinski definition) is 4. The number of ether oxygens (including phenoxy) is 1. The lowest BCUT2D eigenvalue weighted by atomic mass is 9.86. The predicted molar refractivity (Wildman–Crippen MR) is 225 cm³/mol. The molecular formula is C48H56N4O. The number of fused-ring (bicyclic) bond motifs is 3. The number of pyridine rings is 1. The molecule has 274 valence electrons. The lowest BCUT2D eigenvalue weighted by molar-refractivity contribution is 0.479. The van der Waals surface area contributed by atoms with Crippen molar-refractivity contribution in [1.29, 1.82) is 0 Å². The second kappa shape index (κ2) is 12.8. The highest BCUT2D eigenvalue weighted by molar-refractivity contribution is 6.09. The SMILES string of the molecule is CC(C)(C)C1=CN(c2cc(Oc3ccc4c5ccccc5n(-c5cc(C(C)(C)C)ccn5)c4c3)cc(C(C)(C)C)c2)CN1c1cccc(C(C)(C)C)c1. The van der Waals surface area contributed by atoms with E-state index in [1.165, 1.54) is 38.8 Å². The summed E-state index contributed by atoms with van der Waals surface area (Å²) >= 11 is 0. The van der Waals surface area contributed by atoms with Gasteiger partial charge in [0.2, 0.25) is 0 Å². The van der Waals surface area contributed by atoms with Crippen molar-refractivity contribution in [3.05, 3.63) is 132 Å². The maximum absolute atomic E-state index is 6.85. The first-order valence-electron chi connectivity index (χ1n) is 19.0.